The number of aromatic nitrogens is 1. The van der Waals surface area contributed by atoms with Crippen LogP contribution in [0.4, 0.5) is 4.39 Å². The number of halogens is 1. The standard InChI is InChI=1S/C21H26FN3OS/c22-18-7-5-17(6-8-18)19-15-27-20(23-19)14-24-9-11-25(12-10-24)21(26)13-16-3-1-2-4-16/h5-8,15-16H,1-4,9-14H2. The number of amides is 1. The Hall–Kier alpha value is -1.79. The lowest BCUT2D eigenvalue weighted by atomic mass is 10.0. The number of nitrogens with zero attached hydrogens (tertiary/aromatic N) is 3. The summed E-state index contributed by atoms with van der Waals surface area (Å²) >= 11 is 1.64. The number of carbonyl (C=O) groups is 1. The summed E-state index contributed by atoms with van der Waals surface area (Å²) in [6, 6.07) is 6.47. The van der Waals surface area contributed by atoms with Crippen molar-refractivity contribution in [3.63, 3.8) is 0 Å². The maximum absolute atomic E-state index is 13.1. The average Bonchev–Trinajstić information content (AvgIpc) is 3.35. The molecule has 27 heavy (non-hydrogen) atoms. The molecule has 1 aliphatic heterocycles. The summed E-state index contributed by atoms with van der Waals surface area (Å²) in [6.07, 6.45) is 5.78. The third-order valence-corrected chi connectivity index (χ3v) is 6.55. The molecule has 0 unspecified atom stereocenters. The van der Waals surface area contributed by atoms with Gasteiger partial charge in [-0.1, -0.05) is 12.8 Å². The Morgan fingerprint density at radius 3 is 2.52 bits per heavy atom. The van der Waals surface area contributed by atoms with Crippen molar-refractivity contribution >= 4 is 17.2 Å². The molecule has 1 saturated heterocycles. The summed E-state index contributed by atoms with van der Waals surface area (Å²) in [5.41, 5.74) is 1.85. The van der Waals surface area contributed by atoms with Crippen LogP contribution in [0.25, 0.3) is 11.3 Å². The number of piperazine rings is 1. The highest BCUT2D eigenvalue weighted by atomic mass is 32.1. The molecule has 1 aromatic heterocycles. The molecule has 0 bridgehead atoms. The van der Waals surface area contributed by atoms with E-state index in [0.29, 0.717) is 11.8 Å². The van der Waals surface area contributed by atoms with Gasteiger partial charge in [-0.2, -0.15) is 0 Å². The second kappa shape index (κ2) is 8.48. The average molecular weight is 388 g/mol. The predicted molar refractivity (Wildman–Crippen MR) is 106 cm³/mol. The van der Waals surface area contributed by atoms with Crippen LogP contribution in [0.2, 0.25) is 0 Å². The third kappa shape index (κ3) is 4.74. The van der Waals surface area contributed by atoms with E-state index < -0.39 is 0 Å². The molecule has 0 atom stereocenters. The lowest BCUT2D eigenvalue weighted by Gasteiger charge is -2.34. The highest BCUT2D eigenvalue weighted by molar-refractivity contribution is 7.09. The van der Waals surface area contributed by atoms with Crippen molar-refractivity contribution in [2.45, 2.75) is 38.6 Å². The van der Waals surface area contributed by atoms with Gasteiger partial charge >= 0.3 is 0 Å². The number of thiazole rings is 1. The molecule has 2 fully saturated rings. The maximum Gasteiger partial charge on any atom is 0.222 e. The van der Waals surface area contributed by atoms with Crippen LogP contribution in [0, 0.1) is 11.7 Å². The highest BCUT2D eigenvalue weighted by Crippen LogP contribution is 2.28. The predicted octanol–water partition coefficient (Wildman–Crippen LogP) is 4.17. The van der Waals surface area contributed by atoms with E-state index in [1.165, 1.54) is 37.8 Å². The number of carbonyl (C=O) groups excluding carboxylic acids is 1. The fraction of sp³-hybridized carbons (Fsp3) is 0.524. The number of hydrogen-bond acceptors (Lipinski definition) is 4. The topological polar surface area (TPSA) is 36.4 Å². The Balaban J connectivity index is 1.27. The highest BCUT2D eigenvalue weighted by Gasteiger charge is 2.25. The summed E-state index contributed by atoms with van der Waals surface area (Å²) in [4.78, 5) is 21.6. The van der Waals surface area contributed by atoms with Crippen LogP contribution in [-0.4, -0.2) is 46.9 Å². The SMILES string of the molecule is O=C(CC1CCCC1)N1CCN(Cc2nc(-c3ccc(F)cc3)cs2)CC1. The molecule has 0 radical (unpaired) electrons. The van der Waals surface area contributed by atoms with E-state index >= 15 is 0 Å². The molecule has 0 N–H and O–H groups in total. The van der Waals surface area contributed by atoms with Gasteiger partial charge in [0, 0.05) is 43.5 Å². The van der Waals surface area contributed by atoms with Gasteiger partial charge in [-0.05, 0) is 43.0 Å². The molecule has 4 rings (SSSR count). The first-order valence-corrected chi connectivity index (χ1v) is 10.8. The van der Waals surface area contributed by atoms with Crippen LogP contribution in [-0.2, 0) is 11.3 Å². The summed E-state index contributed by atoms with van der Waals surface area (Å²) in [5.74, 6) is 0.736. The zero-order valence-corrected chi connectivity index (χ0v) is 16.4. The summed E-state index contributed by atoms with van der Waals surface area (Å²) in [5, 5.41) is 3.10. The van der Waals surface area contributed by atoms with E-state index in [9.17, 15) is 9.18 Å². The molecule has 2 aliphatic rings. The van der Waals surface area contributed by atoms with Crippen LogP contribution in [0.15, 0.2) is 29.6 Å². The van der Waals surface area contributed by atoms with Crippen LogP contribution in [0.1, 0.15) is 37.1 Å². The van der Waals surface area contributed by atoms with Gasteiger partial charge in [0.15, 0.2) is 0 Å². The van der Waals surface area contributed by atoms with Crippen molar-refractivity contribution in [3.8, 4) is 11.3 Å². The Morgan fingerprint density at radius 2 is 1.81 bits per heavy atom. The van der Waals surface area contributed by atoms with Crippen LogP contribution in [0.5, 0.6) is 0 Å². The first kappa shape index (κ1) is 18.6. The summed E-state index contributed by atoms with van der Waals surface area (Å²) < 4.78 is 13.1. The quantitative estimate of drug-likeness (QED) is 0.772. The van der Waals surface area contributed by atoms with Gasteiger partial charge in [0.1, 0.15) is 10.8 Å². The van der Waals surface area contributed by atoms with E-state index in [1.54, 1.807) is 23.5 Å². The monoisotopic (exact) mass is 387 g/mol. The minimum Gasteiger partial charge on any atom is -0.340 e. The van der Waals surface area contributed by atoms with Crippen molar-refractivity contribution in [3.05, 3.63) is 40.5 Å². The number of benzene rings is 1. The minimum atomic E-state index is -0.227. The Kier molecular flexibility index (Phi) is 5.83. The van der Waals surface area contributed by atoms with Crippen molar-refractivity contribution in [1.82, 2.24) is 14.8 Å². The normalized spacial score (nSPS) is 18.9. The number of hydrogen-bond donors (Lipinski definition) is 0. The Morgan fingerprint density at radius 1 is 1.11 bits per heavy atom. The summed E-state index contributed by atoms with van der Waals surface area (Å²) in [7, 11) is 0. The second-order valence-electron chi connectivity index (χ2n) is 7.64. The zero-order chi connectivity index (χ0) is 18.6. The van der Waals surface area contributed by atoms with E-state index in [2.05, 4.69) is 4.90 Å². The van der Waals surface area contributed by atoms with E-state index in [-0.39, 0.29) is 5.82 Å². The van der Waals surface area contributed by atoms with E-state index in [0.717, 1.165) is 55.4 Å². The van der Waals surface area contributed by atoms with Crippen molar-refractivity contribution < 1.29 is 9.18 Å². The third-order valence-electron chi connectivity index (χ3n) is 5.71. The van der Waals surface area contributed by atoms with Crippen molar-refractivity contribution in [1.29, 1.82) is 0 Å². The van der Waals surface area contributed by atoms with Gasteiger partial charge < -0.3 is 4.90 Å². The molecule has 144 valence electrons. The first-order chi connectivity index (χ1) is 13.2. The van der Waals surface area contributed by atoms with Gasteiger partial charge in [0.2, 0.25) is 5.91 Å². The largest absolute Gasteiger partial charge is 0.340 e. The molecule has 2 heterocycles. The van der Waals surface area contributed by atoms with Gasteiger partial charge in [0.05, 0.1) is 12.2 Å². The Bertz CT molecular complexity index is 762. The van der Waals surface area contributed by atoms with Crippen molar-refractivity contribution in [2.75, 3.05) is 26.2 Å². The Labute approximate surface area is 164 Å². The van der Waals surface area contributed by atoms with Gasteiger partial charge in [-0.3, -0.25) is 9.69 Å². The van der Waals surface area contributed by atoms with Gasteiger partial charge in [0.25, 0.3) is 0 Å². The fourth-order valence-electron chi connectivity index (χ4n) is 4.07. The lowest BCUT2D eigenvalue weighted by molar-refractivity contribution is -0.134. The molecular weight excluding hydrogens is 361 g/mol. The molecule has 1 amide bonds. The van der Waals surface area contributed by atoms with Crippen LogP contribution in [0.3, 0.4) is 0 Å². The van der Waals surface area contributed by atoms with Crippen LogP contribution >= 0.6 is 11.3 Å². The van der Waals surface area contributed by atoms with Crippen LogP contribution < -0.4 is 0 Å². The molecular formula is C21H26FN3OS. The minimum absolute atomic E-state index is 0.227. The molecule has 2 aromatic rings. The molecule has 4 nitrogen and oxygen atoms in total. The second-order valence-corrected chi connectivity index (χ2v) is 8.59. The smallest absolute Gasteiger partial charge is 0.222 e. The van der Waals surface area contributed by atoms with Gasteiger partial charge in [-0.25, -0.2) is 9.37 Å². The molecule has 6 heteroatoms. The fourth-order valence-corrected chi connectivity index (χ4v) is 4.92. The molecule has 1 aromatic carbocycles. The molecule has 0 spiro atoms. The van der Waals surface area contributed by atoms with Crippen molar-refractivity contribution in [2.24, 2.45) is 5.92 Å². The summed E-state index contributed by atoms with van der Waals surface area (Å²) in [6.45, 7) is 4.27. The van der Waals surface area contributed by atoms with Gasteiger partial charge in [-0.15, -0.1) is 11.3 Å². The van der Waals surface area contributed by atoms with E-state index in [1.807, 2.05) is 10.3 Å². The molecule has 1 saturated carbocycles. The first-order valence-electron chi connectivity index (χ1n) is 9.88. The molecule has 1 aliphatic carbocycles. The number of rotatable bonds is 5. The zero-order valence-electron chi connectivity index (χ0n) is 15.6. The maximum atomic E-state index is 13.1. The van der Waals surface area contributed by atoms with E-state index in [4.69, 9.17) is 4.98 Å². The lowest BCUT2D eigenvalue weighted by Crippen LogP contribution is -2.48.